The Morgan fingerprint density at radius 2 is 2.25 bits per heavy atom. The van der Waals surface area contributed by atoms with Gasteiger partial charge in [-0.05, 0) is 37.4 Å². The van der Waals surface area contributed by atoms with E-state index in [-0.39, 0.29) is 5.75 Å². The standard InChI is InChI=1S/C12H15F2NO/c1-16-12-10(13)5-4-8(11(12)14)7-9-3-2-6-15-9/h4-5,9,15H,2-3,6-7H2,1H3. The van der Waals surface area contributed by atoms with E-state index in [2.05, 4.69) is 5.32 Å². The summed E-state index contributed by atoms with van der Waals surface area (Å²) in [5.41, 5.74) is 0.512. The molecule has 1 aliphatic rings. The van der Waals surface area contributed by atoms with E-state index in [1.807, 2.05) is 0 Å². The van der Waals surface area contributed by atoms with Crippen LogP contribution in [0.25, 0.3) is 0 Å². The van der Waals surface area contributed by atoms with Crippen LogP contribution >= 0.6 is 0 Å². The molecule has 88 valence electrons. The summed E-state index contributed by atoms with van der Waals surface area (Å²) < 4.78 is 31.7. The van der Waals surface area contributed by atoms with Crippen LogP contribution in [-0.4, -0.2) is 19.7 Å². The van der Waals surface area contributed by atoms with Crippen LogP contribution in [0, 0.1) is 11.6 Å². The van der Waals surface area contributed by atoms with Gasteiger partial charge in [-0.15, -0.1) is 0 Å². The van der Waals surface area contributed by atoms with E-state index in [0.29, 0.717) is 18.0 Å². The van der Waals surface area contributed by atoms with Gasteiger partial charge in [0.2, 0.25) is 0 Å². The summed E-state index contributed by atoms with van der Waals surface area (Å²) in [5.74, 6) is -1.50. The first-order valence-corrected chi connectivity index (χ1v) is 5.46. The normalized spacial score (nSPS) is 20.1. The van der Waals surface area contributed by atoms with Gasteiger partial charge < -0.3 is 10.1 Å². The number of hydrogen-bond acceptors (Lipinski definition) is 2. The molecule has 1 aromatic rings. The Hall–Kier alpha value is -1.16. The van der Waals surface area contributed by atoms with Gasteiger partial charge in [-0.2, -0.15) is 0 Å². The zero-order chi connectivity index (χ0) is 11.5. The number of ether oxygens (including phenoxy) is 1. The third kappa shape index (κ3) is 2.16. The number of hydrogen-bond donors (Lipinski definition) is 1. The molecule has 0 radical (unpaired) electrons. The van der Waals surface area contributed by atoms with Gasteiger partial charge in [0.05, 0.1) is 7.11 Å². The van der Waals surface area contributed by atoms with Gasteiger partial charge >= 0.3 is 0 Å². The average Bonchev–Trinajstić information content (AvgIpc) is 2.76. The molecule has 0 amide bonds. The van der Waals surface area contributed by atoms with Gasteiger partial charge in [0.25, 0.3) is 0 Å². The molecule has 4 heteroatoms. The Morgan fingerprint density at radius 3 is 2.88 bits per heavy atom. The van der Waals surface area contributed by atoms with Crippen LogP contribution in [0.2, 0.25) is 0 Å². The van der Waals surface area contributed by atoms with Crippen molar-refractivity contribution in [2.45, 2.75) is 25.3 Å². The second kappa shape index (κ2) is 4.78. The molecule has 0 aliphatic carbocycles. The predicted molar refractivity (Wildman–Crippen MR) is 57.6 cm³/mol. The van der Waals surface area contributed by atoms with Crippen molar-refractivity contribution in [2.24, 2.45) is 0 Å². The van der Waals surface area contributed by atoms with Crippen molar-refractivity contribution in [3.63, 3.8) is 0 Å². The smallest absolute Gasteiger partial charge is 0.190 e. The number of benzene rings is 1. The Labute approximate surface area is 93.6 Å². The van der Waals surface area contributed by atoms with Crippen molar-refractivity contribution < 1.29 is 13.5 Å². The molecule has 16 heavy (non-hydrogen) atoms. The monoisotopic (exact) mass is 227 g/mol. The number of methoxy groups -OCH3 is 1. The lowest BCUT2D eigenvalue weighted by Gasteiger charge is -2.12. The summed E-state index contributed by atoms with van der Waals surface area (Å²) >= 11 is 0. The molecule has 1 atom stereocenters. The molecule has 1 aromatic carbocycles. The van der Waals surface area contributed by atoms with Gasteiger partial charge in [-0.3, -0.25) is 0 Å². The minimum absolute atomic E-state index is 0.282. The molecule has 1 N–H and O–H groups in total. The van der Waals surface area contributed by atoms with Crippen molar-refractivity contribution in [1.29, 1.82) is 0 Å². The van der Waals surface area contributed by atoms with Crippen LogP contribution in [0.1, 0.15) is 18.4 Å². The highest BCUT2D eigenvalue weighted by Gasteiger charge is 2.19. The molecule has 2 rings (SSSR count). The van der Waals surface area contributed by atoms with Crippen molar-refractivity contribution >= 4 is 0 Å². The molecule has 0 bridgehead atoms. The van der Waals surface area contributed by atoms with Crippen LogP contribution in [0.15, 0.2) is 12.1 Å². The molecule has 1 aliphatic heterocycles. The van der Waals surface area contributed by atoms with Crippen LogP contribution < -0.4 is 10.1 Å². The first-order chi connectivity index (χ1) is 7.72. The van der Waals surface area contributed by atoms with E-state index < -0.39 is 11.6 Å². The second-order valence-electron chi connectivity index (χ2n) is 4.05. The molecule has 1 heterocycles. The van der Waals surface area contributed by atoms with Gasteiger partial charge in [0, 0.05) is 6.04 Å². The number of halogens is 2. The Balaban J connectivity index is 2.20. The van der Waals surface area contributed by atoms with E-state index in [1.54, 1.807) is 0 Å². The summed E-state index contributed by atoms with van der Waals surface area (Å²) in [4.78, 5) is 0. The second-order valence-corrected chi connectivity index (χ2v) is 4.05. The summed E-state index contributed by atoms with van der Waals surface area (Å²) in [5, 5.41) is 3.28. The quantitative estimate of drug-likeness (QED) is 0.855. The Bertz CT molecular complexity index is 376. The Kier molecular flexibility index (Phi) is 3.39. The third-order valence-electron chi connectivity index (χ3n) is 2.96. The maximum absolute atomic E-state index is 13.8. The van der Waals surface area contributed by atoms with E-state index in [4.69, 9.17) is 4.74 Å². The average molecular weight is 227 g/mol. The summed E-state index contributed by atoms with van der Waals surface area (Å²) in [7, 11) is 1.28. The highest BCUT2D eigenvalue weighted by atomic mass is 19.1. The molecular formula is C12H15F2NO. The SMILES string of the molecule is COc1c(F)ccc(CC2CCCN2)c1F. The molecule has 2 nitrogen and oxygen atoms in total. The van der Waals surface area contributed by atoms with Crippen molar-refractivity contribution in [3.8, 4) is 5.75 Å². The van der Waals surface area contributed by atoms with Crippen molar-refractivity contribution in [1.82, 2.24) is 5.32 Å². The lowest BCUT2D eigenvalue weighted by molar-refractivity contribution is 0.356. The Morgan fingerprint density at radius 1 is 1.44 bits per heavy atom. The van der Waals surface area contributed by atoms with Crippen LogP contribution in [0.5, 0.6) is 5.75 Å². The maximum atomic E-state index is 13.8. The maximum Gasteiger partial charge on any atom is 0.190 e. The molecule has 1 fully saturated rings. The fourth-order valence-corrected chi connectivity index (χ4v) is 2.11. The summed E-state index contributed by atoms with van der Waals surface area (Å²) in [6.45, 7) is 0.977. The van der Waals surface area contributed by atoms with E-state index in [9.17, 15) is 8.78 Å². The molecule has 0 spiro atoms. The highest BCUT2D eigenvalue weighted by Crippen LogP contribution is 2.25. The lowest BCUT2D eigenvalue weighted by atomic mass is 10.0. The van der Waals surface area contributed by atoms with Crippen LogP contribution in [-0.2, 0) is 6.42 Å². The zero-order valence-corrected chi connectivity index (χ0v) is 9.22. The van der Waals surface area contributed by atoms with Gasteiger partial charge in [0.15, 0.2) is 17.4 Å². The number of nitrogens with one attached hydrogen (secondary N) is 1. The first-order valence-electron chi connectivity index (χ1n) is 5.46. The minimum Gasteiger partial charge on any atom is -0.491 e. The van der Waals surface area contributed by atoms with E-state index in [1.165, 1.54) is 19.2 Å². The minimum atomic E-state index is -0.650. The third-order valence-corrected chi connectivity index (χ3v) is 2.96. The fraction of sp³-hybridized carbons (Fsp3) is 0.500. The number of rotatable bonds is 3. The summed E-state index contributed by atoms with van der Waals surface area (Å²) in [6, 6.07) is 3.05. The first kappa shape index (κ1) is 11.3. The zero-order valence-electron chi connectivity index (χ0n) is 9.22. The lowest BCUT2D eigenvalue weighted by Crippen LogP contribution is -2.24. The molecule has 0 saturated carbocycles. The van der Waals surface area contributed by atoms with Crippen LogP contribution in [0.3, 0.4) is 0 Å². The molecule has 0 aromatic heterocycles. The van der Waals surface area contributed by atoms with Crippen LogP contribution in [0.4, 0.5) is 8.78 Å². The molecule has 1 saturated heterocycles. The largest absolute Gasteiger partial charge is 0.491 e. The topological polar surface area (TPSA) is 21.3 Å². The van der Waals surface area contributed by atoms with Gasteiger partial charge in [-0.1, -0.05) is 6.07 Å². The summed E-state index contributed by atoms with van der Waals surface area (Å²) in [6.07, 6.45) is 2.74. The molecular weight excluding hydrogens is 212 g/mol. The van der Waals surface area contributed by atoms with Gasteiger partial charge in [-0.25, -0.2) is 8.78 Å². The highest BCUT2D eigenvalue weighted by molar-refractivity contribution is 5.33. The molecule has 1 unspecified atom stereocenters. The van der Waals surface area contributed by atoms with Crippen molar-refractivity contribution in [2.75, 3.05) is 13.7 Å². The predicted octanol–water partition coefficient (Wildman–Crippen LogP) is 2.27. The van der Waals surface area contributed by atoms with Gasteiger partial charge in [0.1, 0.15) is 0 Å². The fourth-order valence-electron chi connectivity index (χ4n) is 2.11. The van der Waals surface area contributed by atoms with E-state index >= 15 is 0 Å². The van der Waals surface area contributed by atoms with E-state index in [0.717, 1.165) is 19.4 Å². The van der Waals surface area contributed by atoms with Crippen molar-refractivity contribution in [3.05, 3.63) is 29.3 Å².